The van der Waals surface area contributed by atoms with E-state index in [0.717, 1.165) is 5.56 Å². The lowest BCUT2D eigenvalue weighted by Crippen LogP contribution is -2.43. The number of rotatable bonds is 4. The Hall–Kier alpha value is -1.60. The van der Waals surface area contributed by atoms with Crippen molar-refractivity contribution in [3.63, 3.8) is 0 Å². The molecule has 116 valence electrons. The Balaban J connectivity index is 2.27. The predicted molar refractivity (Wildman–Crippen MR) is 80.8 cm³/mol. The van der Waals surface area contributed by atoms with E-state index in [-0.39, 0.29) is 36.6 Å². The van der Waals surface area contributed by atoms with Crippen LogP contribution in [0.3, 0.4) is 0 Å². The minimum atomic E-state index is -3.09. The lowest BCUT2D eigenvalue weighted by atomic mass is 10.1. The third-order valence-electron chi connectivity index (χ3n) is 3.73. The SMILES string of the molecule is Cc1cc(N)ccc1C(=O)N(CCO)C1CCS(=O)(=O)C1. The van der Waals surface area contributed by atoms with Crippen molar-refractivity contribution in [3.8, 4) is 0 Å². The Morgan fingerprint density at radius 1 is 1.48 bits per heavy atom. The molecule has 1 aromatic rings. The molecule has 1 saturated heterocycles. The van der Waals surface area contributed by atoms with Crippen molar-refractivity contribution in [2.45, 2.75) is 19.4 Å². The first-order valence-corrected chi connectivity index (χ1v) is 8.64. The van der Waals surface area contributed by atoms with Crippen molar-refractivity contribution in [2.24, 2.45) is 0 Å². The van der Waals surface area contributed by atoms with Gasteiger partial charge in [-0.1, -0.05) is 0 Å². The molecule has 1 aliphatic rings. The molecule has 1 atom stereocenters. The highest BCUT2D eigenvalue weighted by Crippen LogP contribution is 2.22. The fourth-order valence-corrected chi connectivity index (χ4v) is 4.39. The van der Waals surface area contributed by atoms with Crippen LogP contribution in [0.5, 0.6) is 0 Å². The van der Waals surface area contributed by atoms with E-state index < -0.39 is 9.84 Å². The maximum absolute atomic E-state index is 12.6. The number of aliphatic hydroxyl groups excluding tert-OH is 1. The standard InChI is InChI=1S/C14H20N2O4S/c1-10-8-11(15)2-3-13(10)14(18)16(5-6-17)12-4-7-21(19,20)9-12/h2-3,8,12,17H,4-7,9,15H2,1H3. The van der Waals surface area contributed by atoms with Gasteiger partial charge in [0.2, 0.25) is 0 Å². The second-order valence-electron chi connectivity index (χ2n) is 5.35. The third kappa shape index (κ3) is 3.54. The van der Waals surface area contributed by atoms with Crippen LogP contribution >= 0.6 is 0 Å². The maximum atomic E-state index is 12.6. The Kier molecular flexibility index (Phi) is 4.53. The molecule has 1 unspecified atom stereocenters. The van der Waals surface area contributed by atoms with Gasteiger partial charge in [0.25, 0.3) is 5.91 Å². The summed E-state index contributed by atoms with van der Waals surface area (Å²) in [5, 5.41) is 9.17. The molecule has 1 aliphatic heterocycles. The molecule has 6 nitrogen and oxygen atoms in total. The Bertz CT molecular complexity index is 642. The van der Waals surface area contributed by atoms with Crippen molar-refractivity contribution in [3.05, 3.63) is 29.3 Å². The van der Waals surface area contributed by atoms with Gasteiger partial charge >= 0.3 is 0 Å². The predicted octanol–water partition coefficient (Wildman–Crippen LogP) is 0.199. The van der Waals surface area contributed by atoms with Crippen LogP contribution in [0.25, 0.3) is 0 Å². The van der Waals surface area contributed by atoms with E-state index in [1.54, 1.807) is 25.1 Å². The van der Waals surface area contributed by atoms with Crippen molar-refractivity contribution in [1.29, 1.82) is 0 Å². The number of hydrogen-bond acceptors (Lipinski definition) is 5. The van der Waals surface area contributed by atoms with E-state index in [1.807, 2.05) is 0 Å². The number of nitrogens with two attached hydrogens (primary N) is 1. The highest BCUT2D eigenvalue weighted by atomic mass is 32.2. The second kappa shape index (κ2) is 6.03. The van der Waals surface area contributed by atoms with E-state index in [0.29, 0.717) is 17.7 Å². The number of amides is 1. The van der Waals surface area contributed by atoms with Crippen LogP contribution in [0.1, 0.15) is 22.3 Å². The molecule has 2 rings (SSSR count). The van der Waals surface area contributed by atoms with Crippen molar-refractivity contribution < 1.29 is 18.3 Å². The first-order valence-electron chi connectivity index (χ1n) is 6.82. The lowest BCUT2D eigenvalue weighted by Gasteiger charge is -2.28. The zero-order valence-corrected chi connectivity index (χ0v) is 12.8. The Morgan fingerprint density at radius 2 is 2.19 bits per heavy atom. The summed E-state index contributed by atoms with van der Waals surface area (Å²) >= 11 is 0. The summed E-state index contributed by atoms with van der Waals surface area (Å²) in [5.41, 5.74) is 7.47. The van der Waals surface area contributed by atoms with Crippen LogP contribution in [-0.2, 0) is 9.84 Å². The van der Waals surface area contributed by atoms with Crippen molar-refractivity contribution in [1.82, 2.24) is 4.90 Å². The normalized spacial score (nSPS) is 20.4. The molecule has 1 aromatic carbocycles. The maximum Gasteiger partial charge on any atom is 0.254 e. The Morgan fingerprint density at radius 3 is 2.71 bits per heavy atom. The molecule has 21 heavy (non-hydrogen) atoms. The summed E-state index contributed by atoms with van der Waals surface area (Å²) in [6.07, 6.45) is 0.419. The molecule has 1 heterocycles. The van der Waals surface area contributed by atoms with Gasteiger partial charge in [0.15, 0.2) is 9.84 Å². The van der Waals surface area contributed by atoms with Crippen LogP contribution in [0.4, 0.5) is 5.69 Å². The molecule has 1 fully saturated rings. The summed E-state index contributed by atoms with van der Waals surface area (Å²) in [6, 6.07) is 4.62. The molecular formula is C14H20N2O4S. The quantitative estimate of drug-likeness (QED) is 0.773. The summed E-state index contributed by atoms with van der Waals surface area (Å²) in [5.74, 6) is -0.205. The first-order chi connectivity index (χ1) is 9.84. The number of hydrogen-bond donors (Lipinski definition) is 2. The van der Waals surface area contributed by atoms with Gasteiger partial charge in [-0.3, -0.25) is 4.79 Å². The molecule has 0 aromatic heterocycles. The van der Waals surface area contributed by atoms with E-state index in [2.05, 4.69) is 0 Å². The smallest absolute Gasteiger partial charge is 0.254 e. The van der Waals surface area contributed by atoms with Gasteiger partial charge in [0.1, 0.15) is 0 Å². The molecule has 0 bridgehead atoms. The summed E-state index contributed by atoms with van der Waals surface area (Å²) in [6.45, 7) is 1.71. The monoisotopic (exact) mass is 312 g/mol. The molecule has 7 heteroatoms. The highest BCUT2D eigenvalue weighted by molar-refractivity contribution is 7.91. The first kappa shape index (κ1) is 15.8. The molecule has 3 N–H and O–H groups in total. The van der Waals surface area contributed by atoms with E-state index in [9.17, 15) is 18.3 Å². The van der Waals surface area contributed by atoms with Gasteiger partial charge in [-0.15, -0.1) is 0 Å². The average molecular weight is 312 g/mol. The molecule has 0 aliphatic carbocycles. The number of carbonyl (C=O) groups is 1. The molecular weight excluding hydrogens is 292 g/mol. The van der Waals surface area contributed by atoms with Gasteiger partial charge in [-0.05, 0) is 37.1 Å². The van der Waals surface area contributed by atoms with Gasteiger partial charge in [0.05, 0.1) is 18.1 Å². The second-order valence-corrected chi connectivity index (χ2v) is 7.58. The number of aliphatic hydroxyl groups is 1. The average Bonchev–Trinajstić information content (AvgIpc) is 2.75. The molecule has 1 amide bonds. The van der Waals surface area contributed by atoms with E-state index in [4.69, 9.17) is 5.73 Å². The van der Waals surface area contributed by atoms with Crippen LogP contribution in [0.15, 0.2) is 18.2 Å². The lowest BCUT2D eigenvalue weighted by molar-refractivity contribution is 0.0654. The van der Waals surface area contributed by atoms with Crippen molar-refractivity contribution >= 4 is 21.4 Å². The summed E-state index contributed by atoms with van der Waals surface area (Å²) in [4.78, 5) is 14.1. The fourth-order valence-electron chi connectivity index (χ4n) is 2.66. The van der Waals surface area contributed by atoms with E-state index >= 15 is 0 Å². The van der Waals surface area contributed by atoms with Crippen LogP contribution in [0.2, 0.25) is 0 Å². The number of nitrogen functional groups attached to an aromatic ring is 1. The van der Waals surface area contributed by atoms with Gasteiger partial charge in [-0.25, -0.2) is 8.42 Å². The fraction of sp³-hybridized carbons (Fsp3) is 0.500. The topological polar surface area (TPSA) is 101 Å². The third-order valence-corrected chi connectivity index (χ3v) is 5.48. The van der Waals surface area contributed by atoms with Gasteiger partial charge in [0, 0.05) is 23.8 Å². The number of benzene rings is 1. The van der Waals surface area contributed by atoms with Crippen LogP contribution in [0, 0.1) is 6.92 Å². The molecule has 0 spiro atoms. The summed E-state index contributed by atoms with van der Waals surface area (Å²) < 4.78 is 23.2. The van der Waals surface area contributed by atoms with Gasteiger partial charge < -0.3 is 15.7 Å². The van der Waals surface area contributed by atoms with E-state index in [1.165, 1.54) is 4.90 Å². The molecule has 0 saturated carbocycles. The minimum Gasteiger partial charge on any atom is -0.399 e. The summed E-state index contributed by atoms with van der Waals surface area (Å²) in [7, 11) is -3.09. The largest absolute Gasteiger partial charge is 0.399 e. The van der Waals surface area contributed by atoms with Gasteiger partial charge in [-0.2, -0.15) is 0 Å². The zero-order valence-electron chi connectivity index (χ0n) is 11.9. The number of nitrogens with zero attached hydrogens (tertiary/aromatic N) is 1. The zero-order chi connectivity index (χ0) is 15.6. The number of anilines is 1. The van der Waals surface area contributed by atoms with Crippen LogP contribution in [-0.4, -0.2) is 55.0 Å². The number of carbonyl (C=O) groups excluding carboxylic acids is 1. The van der Waals surface area contributed by atoms with Crippen LogP contribution < -0.4 is 5.73 Å². The highest BCUT2D eigenvalue weighted by Gasteiger charge is 2.35. The number of sulfone groups is 1. The Labute approximate surface area is 124 Å². The van der Waals surface area contributed by atoms with Crippen molar-refractivity contribution in [2.75, 3.05) is 30.4 Å². The number of aryl methyl sites for hydroxylation is 1. The molecule has 0 radical (unpaired) electrons. The minimum absolute atomic E-state index is 0.0350.